The lowest BCUT2D eigenvalue weighted by Gasteiger charge is -2.41. The van der Waals surface area contributed by atoms with Crippen LogP contribution in [-0.2, 0) is 0 Å². The number of hydrogen-bond acceptors (Lipinski definition) is 3. The molecule has 2 heterocycles. The molecule has 1 aliphatic heterocycles. The zero-order valence-electron chi connectivity index (χ0n) is 31.0. The van der Waals surface area contributed by atoms with Crippen LogP contribution in [0.1, 0.15) is 98.1 Å². The third-order valence-electron chi connectivity index (χ3n) is 9.45. The van der Waals surface area contributed by atoms with Crippen LogP contribution in [0.5, 0.6) is 0 Å². The van der Waals surface area contributed by atoms with Gasteiger partial charge in [0, 0.05) is 54.0 Å². The quantitative estimate of drug-likeness (QED) is 0.102. The summed E-state index contributed by atoms with van der Waals surface area (Å²) >= 11 is 0. The van der Waals surface area contributed by atoms with Crippen LogP contribution in [0.25, 0.3) is 16.5 Å². The number of nitrogens with zero attached hydrogens (tertiary/aromatic N) is 1. The summed E-state index contributed by atoms with van der Waals surface area (Å²) < 4.78 is 0. The molecule has 0 saturated carbocycles. The second-order valence-electron chi connectivity index (χ2n) is 13.6. The fourth-order valence-corrected chi connectivity index (χ4v) is 6.58. The monoisotopic (exact) mass is 666 g/mol. The number of nitrogens with one attached hydrogen (secondary N) is 3. The number of benzene rings is 2. The van der Waals surface area contributed by atoms with E-state index in [0.717, 1.165) is 55.9 Å². The summed E-state index contributed by atoms with van der Waals surface area (Å²) in [5.74, 6) is 0.882. The molecule has 0 bridgehead atoms. The van der Waals surface area contributed by atoms with Crippen molar-refractivity contribution in [2.24, 2.45) is 11.3 Å². The van der Waals surface area contributed by atoms with E-state index in [9.17, 15) is 0 Å². The summed E-state index contributed by atoms with van der Waals surface area (Å²) in [4.78, 5) is 5.80. The molecule has 0 amide bonds. The highest BCUT2D eigenvalue weighted by Crippen LogP contribution is 2.39. The molecule has 0 aliphatic carbocycles. The first-order valence-electron chi connectivity index (χ1n) is 17.4. The van der Waals surface area contributed by atoms with Gasteiger partial charge in [0.05, 0.1) is 11.4 Å². The van der Waals surface area contributed by atoms with Gasteiger partial charge < -0.3 is 20.7 Å². The first-order valence-corrected chi connectivity index (χ1v) is 17.4. The molecular weight excluding hydrogens is 605 g/mol. The molecule has 4 nitrogen and oxygen atoms in total. The van der Waals surface area contributed by atoms with Crippen molar-refractivity contribution in [3.8, 4) is 0 Å². The van der Waals surface area contributed by atoms with E-state index < -0.39 is 0 Å². The number of allylic oxidation sites excluding steroid dienone is 6. The van der Waals surface area contributed by atoms with Crippen molar-refractivity contribution < 1.29 is 0 Å². The predicted octanol–water partition coefficient (Wildman–Crippen LogP) is 12.1. The maximum atomic E-state index is 4.72. The van der Waals surface area contributed by atoms with Crippen LogP contribution >= 0.6 is 13.5 Å². The smallest absolute Gasteiger partial charge is 0.0618 e. The highest BCUT2D eigenvalue weighted by atomic mass is 32.1. The van der Waals surface area contributed by atoms with E-state index in [1.54, 1.807) is 0 Å². The Bertz CT molecular complexity index is 1580. The molecule has 1 saturated heterocycles. The van der Waals surface area contributed by atoms with Gasteiger partial charge in [-0.25, -0.2) is 0 Å². The van der Waals surface area contributed by atoms with Crippen LogP contribution in [0.4, 0.5) is 5.69 Å². The van der Waals surface area contributed by atoms with E-state index in [1.165, 1.54) is 38.6 Å². The molecule has 1 aliphatic rings. The lowest BCUT2D eigenvalue weighted by Crippen LogP contribution is -2.38. The van der Waals surface area contributed by atoms with Crippen molar-refractivity contribution in [1.29, 1.82) is 0 Å². The lowest BCUT2D eigenvalue weighted by atomic mass is 9.81. The number of aromatic nitrogens is 1. The van der Waals surface area contributed by atoms with E-state index in [2.05, 4.69) is 162 Å². The lowest BCUT2D eigenvalue weighted by molar-refractivity contribution is 0.246. The largest absolute Gasteiger partial charge is 0.370 e. The SMILES string of the molecule is C=C.C=C(c1ccc(NNC(/C=C(\CCC)C(C)(C)C)=C(\C)CC)c2ccccc12)N1CC(C(/C=C\C)=C/C)CC(c2cc[nH]c2)C1.S. The summed E-state index contributed by atoms with van der Waals surface area (Å²) in [7, 11) is 0. The fraction of sp³-hybridized carbons (Fsp3) is 0.395. The maximum Gasteiger partial charge on any atom is 0.0618 e. The van der Waals surface area contributed by atoms with E-state index in [0.29, 0.717) is 11.8 Å². The highest BCUT2D eigenvalue weighted by molar-refractivity contribution is 7.59. The maximum absolute atomic E-state index is 4.72. The van der Waals surface area contributed by atoms with Crippen molar-refractivity contribution >= 4 is 35.7 Å². The molecule has 2 unspecified atom stereocenters. The molecule has 1 aromatic heterocycles. The third-order valence-corrected chi connectivity index (χ3v) is 9.45. The van der Waals surface area contributed by atoms with Crippen LogP contribution in [0.15, 0.2) is 121 Å². The summed E-state index contributed by atoms with van der Waals surface area (Å²) in [6.45, 7) is 30.5. The average Bonchev–Trinajstić information content (AvgIpc) is 3.63. The zero-order valence-corrected chi connectivity index (χ0v) is 32.0. The van der Waals surface area contributed by atoms with Crippen molar-refractivity contribution in [2.75, 3.05) is 18.5 Å². The van der Waals surface area contributed by atoms with Gasteiger partial charge in [0.25, 0.3) is 0 Å². The first-order chi connectivity index (χ1) is 22.6. The number of rotatable bonds is 12. The topological polar surface area (TPSA) is 43.1 Å². The Kier molecular flexibility index (Phi) is 16.2. The first kappa shape index (κ1) is 40.3. The summed E-state index contributed by atoms with van der Waals surface area (Å²) in [6, 6.07) is 15.4. The Hall–Kier alpha value is -3.83. The molecule has 3 aromatic rings. The molecule has 5 heteroatoms. The molecule has 0 radical (unpaired) electrons. The molecule has 3 N–H and O–H groups in total. The minimum Gasteiger partial charge on any atom is -0.370 e. The van der Waals surface area contributed by atoms with Gasteiger partial charge >= 0.3 is 0 Å². The number of likely N-dealkylation sites (tertiary alicyclic amines) is 1. The second kappa shape index (κ2) is 19.2. The van der Waals surface area contributed by atoms with E-state index in [4.69, 9.17) is 6.58 Å². The fourth-order valence-electron chi connectivity index (χ4n) is 6.58. The summed E-state index contributed by atoms with van der Waals surface area (Å²) in [6.07, 6.45) is 17.6. The number of hydrogen-bond donors (Lipinski definition) is 3. The van der Waals surface area contributed by atoms with E-state index in [-0.39, 0.29) is 18.9 Å². The van der Waals surface area contributed by atoms with Crippen LogP contribution in [0.2, 0.25) is 0 Å². The van der Waals surface area contributed by atoms with Crippen LogP contribution in [-0.4, -0.2) is 23.0 Å². The van der Waals surface area contributed by atoms with Gasteiger partial charge in [0.1, 0.15) is 0 Å². The molecule has 2 atom stereocenters. The second-order valence-corrected chi connectivity index (χ2v) is 13.6. The standard InChI is InChI=1S/C41H56N4.C2H4.H2S/c1-10-16-31(13-4)33-24-34(32-22-23-42-26-32)28-45(27-33)30(6)36-20-21-39(38-19-15-14-18-37(36)38)43-44-40(29(5)12-3)25-35(17-11-2)41(7,8)9;1-2;/h10,13-16,18-23,25-26,33-34,42-44H,6,11-12,17,24,27-28H2,1-5,7-9H3;1-2H2;1H2/b16-10-,31-13+,35-25+,40-29+;;. The molecule has 1 fully saturated rings. The van der Waals surface area contributed by atoms with Gasteiger partial charge in [-0.2, -0.15) is 13.5 Å². The molecule has 4 rings (SSSR count). The van der Waals surface area contributed by atoms with Gasteiger partial charge in [0.15, 0.2) is 0 Å². The van der Waals surface area contributed by atoms with E-state index >= 15 is 0 Å². The normalized spacial score (nSPS) is 17.7. The molecule has 48 heavy (non-hydrogen) atoms. The van der Waals surface area contributed by atoms with E-state index in [1.807, 2.05) is 6.20 Å². The Labute approximate surface area is 299 Å². The van der Waals surface area contributed by atoms with Gasteiger partial charge in [-0.05, 0) is 85.8 Å². The van der Waals surface area contributed by atoms with Crippen LogP contribution in [0, 0.1) is 11.3 Å². The Morgan fingerprint density at radius 2 is 1.73 bits per heavy atom. The Morgan fingerprint density at radius 3 is 2.31 bits per heavy atom. The minimum atomic E-state index is 0. The average molecular weight is 667 g/mol. The number of fused-ring (bicyclic) bond motifs is 1. The molecular formula is C43H62N4S. The van der Waals surface area contributed by atoms with Gasteiger partial charge in [-0.1, -0.05) is 102 Å². The molecule has 2 aromatic carbocycles. The van der Waals surface area contributed by atoms with Gasteiger partial charge in [-0.3, -0.25) is 0 Å². The summed E-state index contributed by atoms with van der Waals surface area (Å²) in [5, 5.41) is 2.40. The number of hydrazine groups is 1. The number of aromatic amines is 1. The third kappa shape index (κ3) is 10.1. The number of H-pyrrole nitrogens is 1. The van der Waals surface area contributed by atoms with Gasteiger partial charge in [-0.15, -0.1) is 13.2 Å². The van der Waals surface area contributed by atoms with Crippen LogP contribution < -0.4 is 10.9 Å². The predicted molar refractivity (Wildman–Crippen MR) is 219 cm³/mol. The number of piperidine rings is 1. The molecule has 0 spiro atoms. The highest BCUT2D eigenvalue weighted by Gasteiger charge is 2.31. The minimum absolute atomic E-state index is 0. The number of anilines is 1. The molecule has 260 valence electrons. The van der Waals surface area contributed by atoms with Gasteiger partial charge in [0.2, 0.25) is 0 Å². The van der Waals surface area contributed by atoms with Crippen molar-refractivity contribution in [2.45, 2.75) is 87.0 Å². The Balaban J connectivity index is 0.00000262. The van der Waals surface area contributed by atoms with Crippen molar-refractivity contribution in [3.05, 3.63) is 132 Å². The van der Waals surface area contributed by atoms with Crippen molar-refractivity contribution in [3.63, 3.8) is 0 Å². The van der Waals surface area contributed by atoms with Crippen LogP contribution in [0.3, 0.4) is 0 Å². The van der Waals surface area contributed by atoms with Crippen molar-refractivity contribution in [1.82, 2.24) is 15.3 Å². The zero-order chi connectivity index (χ0) is 34.6. The summed E-state index contributed by atoms with van der Waals surface area (Å²) in [5.41, 5.74) is 17.4. The Morgan fingerprint density at radius 1 is 1.02 bits per heavy atom.